The number of aromatic nitrogens is 3. The zero-order valence-corrected chi connectivity index (χ0v) is 17.0. The number of thiazole rings is 1. The van der Waals surface area contributed by atoms with Gasteiger partial charge in [0.1, 0.15) is 0 Å². The zero-order valence-electron chi connectivity index (χ0n) is 15.4. The van der Waals surface area contributed by atoms with E-state index in [9.17, 15) is 9.59 Å². The molecule has 6 nitrogen and oxygen atoms in total. The third-order valence-corrected chi connectivity index (χ3v) is 6.37. The highest BCUT2D eigenvalue weighted by molar-refractivity contribution is 8.00. The normalized spacial score (nSPS) is 14.3. The number of amides is 1. The number of benzene rings is 1. The van der Waals surface area contributed by atoms with Gasteiger partial charge >= 0.3 is 0 Å². The topological polar surface area (TPSA) is 87.7 Å². The van der Waals surface area contributed by atoms with Gasteiger partial charge in [0.2, 0.25) is 5.91 Å². The highest BCUT2D eigenvalue weighted by atomic mass is 32.2. The molecule has 144 valence electrons. The lowest BCUT2D eigenvalue weighted by atomic mass is 9.97. The number of hydrogen-bond donors (Lipinski definition) is 2. The van der Waals surface area contributed by atoms with E-state index in [2.05, 4.69) is 20.3 Å². The zero-order chi connectivity index (χ0) is 19.5. The van der Waals surface area contributed by atoms with Crippen molar-refractivity contribution in [2.45, 2.75) is 43.0 Å². The molecule has 0 bridgehead atoms. The molecule has 3 aromatic rings. The number of nitrogens with one attached hydrogen (secondary N) is 2. The third-order valence-electron chi connectivity index (χ3n) is 4.63. The number of fused-ring (bicyclic) bond motifs is 1. The van der Waals surface area contributed by atoms with Crippen molar-refractivity contribution in [2.24, 2.45) is 0 Å². The van der Waals surface area contributed by atoms with Crippen LogP contribution >= 0.6 is 23.1 Å². The summed E-state index contributed by atoms with van der Waals surface area (Å²) in [7, 11) is 0. The quantitative estimate of drug-likeness (QED) is 0.490. The minimum absolute atomic E-state index is 0.0766. The van der Waals surface area contributed by atoms with Gasteiger partial charge in [0.25, 0.3) is 5.56 Å². The molecule has 0 saturated heterocycles. The number of rotatable bonds is 5. The van der Waals surface area contributed by atoms with E-state index >= 15 is 0 Å². The van der Waals surface area contributed by atoms with Crippen molar-refractivity contribution in [3.05, 3.63) is 57.3 Å². The van der Waals surface area contributed by atoms with E-state index in [1.54, 1.807) is 6.92 Å². The molecule has 2 aromatic heterocycles. The van der Waals surface area contributed by atoms with E-state index < -0.39 is 5.25 Å². The van der Waals surface area contributed by atoms with Crippen LogP contribution in [0.2, 0.25) is 0 Å². The Hall–Kier alpha value is -2.45. The number of aryl methyl sites for hydroxylation is 1. The van der Waals surface area contributed by atoms with Crippen LogP contribution in [0, 0.1) is 0 Å². The van der Waals surface area contributed by atoms with E-state index in [1.807, 2.05) is 35.7 Å². The van der Waals surface area contributed by atoms with Crippen LogP contribution in [0.3, 0.4) is 0 Å². The summed E-state index contributed by atoms with van der Waals surface area (Å²) in [5.74, 6) is -0.167. The van der Waals surface area contributed by atoms with Crippen molar-refractivity contribution in [1.82, 2.24) is 15.0 Å². The Morgan fingerprint density at radius 3 is 2.82 bits per heavy atom. The molecule has 1 aliphatic rings. The van der Waals surface area contributed by atoms with Crippen LogP contribution in [0.5, 0.6) is 0 Å². The van der Waals surface area contributed by atoms with E-state index in [4.69, 9.17) is 0 Å². The summed E-state index contributed by atoms with van der Waals surface area (Å²) >= 11 is 2.65. The summed E-state index contributed by atoms with van der Waals surface area (Å²) < 4.78 is 0. The van der Waals surface area contributed by atoms with Crippen LogP contribution in [0.1, 0.15) is 31.0 Å². The SMILES string of the molecule is CC(Sc1nc2c(c(=O)[nH]1)CCCC2)C(=O)Nc1nc(-c2ccccc2)cs1. The summed E-state index contributed by atoms with van der Waals surface area (Å²) in [6.07, 6.45) is 3.69. The number of hydrogen-bond acceptors (Lipinski definition) is 6. The third kappa shape index (κ3) is 4.18. The second-order valence-electron chi connectivity index (χ2n) is 6.66. The maximum atomic E-state index is 12.6. The Bertz CT molecular complexity index is 1050. The van der Waals surface area contributed by atoms with Crippen LogP contribution in [-0.2, 0) is 17.6 Å². The van der Waals surface area contributed by atoms with Crippen LogP contribution in [0.15, 0.2) is 45.7 Å². The maximum Gasteiger partial charge on any atom is 0.254 e. The molecule has 1 aliphatic carbocycles. The molecule has 4 rings (SSSR count). The molecular weight excluding hydrogens is 392 g/mol. The van der Waals surface area contributed by atoms with Crippen LogP contribution in [0.4, 0.5) is 5.13 Å². The molecule has 1 amide bonds. The first-order valence-electron chi connectivity index (χ1n) is 9.20. The molecule has 1 atom stereocenters. The number of nitrogens with zero attached hydrogens (tertiary/aromatic N) is 2. The monoisotopic (exact) mass is 412 g/mol. The lowest BCUT2D eigenvalue weighted by Gasteiger charge is -2.15. The number of carbonyl (C=O) groups excluding carboxylic acids is 1. The fourth-order valence-corrected chi connectivity index (χ4v) is 4.67. The first-order chi connectivity index (χ1) is 13.6. The van der Waals surface area contributed by atoms with Gasteiger partial charge in [0.15, 0.2) is 10.3 Å². The molecule has 1 aromatic carbocycles. The molecular formula is C20H20N4O2S2. The molecule has 1 unspecified atom stereocenters. The first-order valence-corrected chi connectivity index (χ1v) is 11.0. The molecule has 0 fully saturated rings. The average Bonchev–Trinajstić information content (AvgIpc) is 3.17. The molecule has 0 aliphatic heterocycles. The Morgan fingerprint density at radius 1 is 1.21 bits per heavy atom. The Balaban J connectivity index is 1.42. The van der Waals surface area contributed by atoms with Gasteiger partial charge in [-0.1, -0.05) is 42.1 Å². The summed E-state index contributed by atoms with van der Waals surface area (Å²) in [4.78, 5) is 36.7. The highest BCUT2D eigenvalue weighted by Crippen LogP contribution is 2.26. The molecule has 28 heavy (non-hydrogen) atoms. The van der Waals surface area contributed by atoms with E-state index in [1.165, 1.54) is 23.1 Å². The highest BCUT2D eigenvalue weighted by Gasteiger charge is 2.20. The van der Waals surface area contributed by atoms with Crippen molar-refractivity contribution in [1.29, 1.82) is 0 Å². The Labute approximate surface area is 170 Å². The molecule has 2 N–H and O–H groups in total. The predicted octanol–water partition coefficient (Wildman–Crippen LogP) is 3.89. The number of carbonyl (C=O) groups is 1. The van der Waals surface area contributed by atoms with E-state index in [0.717, 1.165) is 48.2 Å². The van der Waals surface area contributed by atoms with Gasteiger partial charge in [0.05, 0.1) is 16.6 Å². The Kier molecular flexibility index (Phi) is 5.59. The van der Waals surface area contributed by atoms with Crippen molar-refractivity contribution in [3.8, 4) is 11.3 Å². The number of aromatic amines is 1. The van der Waals surface area contributed by atoms with Gasteiger partial charge in [-0.15, -0.1) is 11.3 Å². The van der Waals surface area contributed by atoms with Crippen LogP contribution < -0.4 is 10.9 Å². The smallest absolute Gasteiger partial charge is 0.254 e. The minimum atomic E-state index is -0.408. The maximum absolute atomic E-state index is 12.6. The van der Waals surface area contributed by atoms with Crippen molar-refractivity contribution in [3.63, 3.8) is 0 Å². The fourth-order valence-electron chi connectivity index (χ4n) is 3.14. The molecule has 0 saturated carbocycles. The average molecular weight is 413 g/mol. The van der Waals surface area contributed by atoms with Crippen molar-refractivity contribution >= 4 is 34.1 Å². The predicted molar refractivity (Wildman–Crippen MR) is 113 cm³/mol. The van der Waals surface area contributed by atoms with Gasteiger partial charge in [0, 0.05) is 16.5 Å². The van der Waals surface area contributed by atoms with E-state index in [-0.39, 0.29) is 11.5 Å². The summed E-state index contributed by atoms with van der Waals surface area (Å²) in [5.41, 5.74) is 3.44. The lowest BCUT2D eigenvalue weighted by molar-refractivity contribution is -0.115. The lowest BCUT2D eigenvalue weighted by Crippen LogP contribution is -2.25. The van der Waals surface area contributed by atoms with E-state index in [0.29, 0.717) is 10.3 Å². The van der Waals surface area contributed by atoms with Gasteiger partial charge < -0.3 is 10.3 Å². The number of H-pyrrole nitrogens is 1. The fraction of sp³-hybridized carbons (Fsp3) is 0.300. The standard InChI is InChI=1S/C20H20N4O2S2/c1-12(28-20-21-15-10-6-5-9-14(15)18(26)24-20)17(25)23-19-22-16(11-27-19)13-7-3-2-4-8-13/h2-4,7-8,11-12H,5-6,9-10H2,1H3,(H,21,24,26)(H,22,23,25). The molecule has 2 heterocycles. The largest absolute Gasteiger partial charge is 0.301 e. The van der Waals surface area contributed by atoms with Gasteiger partial charge in [-0.2, -0.15) is 0 Å². The van der Waals surface area contributed by atoms with Crippen molar-refractivity contribution < 1.29 is 4.79 Å². The molecule has 0 spiro atoms. The molecule has 8 heteroatoms. The summed E-state index contributed by atoms with van der Waals surface area (Å²) in [6, 6.07) is 9.83. The second kappa shape index (κ2) is 8.28. The van der Waals surface area contributed by atoms with Crippen LogP contribution in [0.25, 0.3) is 11.3 Å². The van der Waals surface area contributed by atoms with Crippen LogP contribution in [-0.4, -0.2) is 26.1 Å². The molecule has 0 radical (unpaired) electrons. The Morgan fingerprint density at radius 2 is 2.00 bits per heavy atom. The van der Waals surface area contributed by atoms with Gasteiger partial charge in [-0.25, -0.2) is 9.97 Å². The number of thioether (sulfide) groups is 1. The summed E-state index contributed by atoms with van der Waals surface area (Å²) in [6.45, 7) is 1.80. The van der Waals surface area contributed by atoms with Crippen molar-refractivity contribution in [2.75, 3.05) is 5.32 Å². The minimum Gasteiger partial charge on any atom is -0.301 e. The second-order valence-corrected chi connectivity index (χ2v) is 8.84. The van der Waals surface area contributed by atoms with Gasteiger partial charge in [-0.3, -0.25) is 9.59 Å². The first kappa shape index (κ1) is 18.9. The van der Waals surface area contributed by atoms with Gasteiger partial charge in [-0.05, 0) is 32.6 Å². The summed E-state index contributed by atoms with van der Waals surface area (Å²) in [5, 5.41) is 5.43. The number of anilines is 1.